The summed E-state index contributed by atoms with van der Waals surface area (Å²) in [5.41, 5.74) is 7.00. The van der Waals surface area contributed by atoms with Gasteiger partial charge >= 0.3 is 0 Å². The Bertz CT molecular complexity index is 627. The van der Waals surface area contributed by atoms with Gasteiger partial charge in [0.05, 0.1) is 6.54 Å². The van der Waals surface area contributed by atoms with E-state index >= 15 is 0 Å². The molecule has 0 radical (unpaired) electrons. The van der Waals surface area contributed by atoms with Crippen LogP contribution in [-0.4, -0.2) is 23.5 Å². The second-order valence-corrected chi connectivity index (χ2v) is 5.90. The van der Waals surface area contributed by atoms with Crippen molar-refractivity contribution in [1.29, 1.82) is 0 Å². The molecule has 0 aliphatic heterocycles. The smallest absolute Gasteiger partial charge is 0.270 e. The van der Waals surface area contributed by atoms with Crippen LogP contribution in [0.15, 0.2) is 29.6 Å². The highest BCUT2D eigenvalue weighted by molar-refractivity contribution is 7.09. The van der Waals surface area contributed by atoms with Crippen LogP contribution in [0.25, 0.3) is 0 Å². The lowest BCUT2D eigenvalue weighted by Gasteiger charge is -2.19. The number of thiazole rings is 1. The number of benzene rings is 1. The van der Waals surface area contributed by atoms with Gasteiger partial charge in [-0.2, -0.15) is 0 Å². The lowest BCUT2D eigenvalue weighted by Crippen LogP contribution is -2.35. The third kappa shape index (κ3) is 4.29. The molecule has 1 heterocycles. The van der Waals surface area contributed by atoms with Gasteiger partial charge in [-0.1, -0.05) is 25.1 Å². The number of nitrogens with one attached hydrogen (secondary N) is 1. The van der Waals surface area contributed by atoms with E-state index in [1.165, 1.54) is 11.3 Å². The van der Waals surface area contributed by atoms with Gasteiger partial charge in [-0.25, -0.2) is 4.98 Å². The average Bonchev–Trinajstić information content (AvgIpc) is 3.02. The zero-order chi connectivity index (χ0) is 15.9. The molecule has 1 aromatic carbocycles. The fraction of sp³-hybridized carbons (Fsp3) is 0.375. The minimum absolute atomic E-state index is 0.0716. The molecule has 2 aromatic rings. The number of aromatic nitrogens is 1. The van der Waals surface area contributed by atoms with Crippen LogP contribution in [0.1, 0.15) is 34.4 Å². The Morgan fingerprint density at radius 3 is 2.86 bits per heavy atom. The van der Waals surface area contributed by atoms with Gasteiger partial charge in [-0.15, -0.1) is 11.3 Å². The van der Waals surface area contributed by atoms with Crippen molar-refractivity contribution < 1.29 is 9.53 Å². The zero-order valence-corrected chi connectivity index (χ0v) is 13.7. The minimum atomic E-state index is -0.192. The highest BCUT2D eigenvalue weighted by atomic mass is 32.1. The first kappa shape index (κ1) is 16.5. The van der Waals surface area contributed by atoms with E-state index in [0.717, 1.165) is 22.7 Å². The normalized spacial score (nSPS) is 12.0. The summed E-state index contributed by atoms with van der Waals surface area (Å²) in [4.78, 5) is 16.2. The van der Waals surface area contributed by atoms with Crippen molar-refractivity contribution in [3.63, 3.8) is 0 Å². The molecule has 0 spiro atoms. The van der Waals surface area contributed by atoms with Gasteiger partial charge < -0.3 is 15.8 Å². The van der Waals surface area contributed by atoms with Gasteiger partial charge in [0.2, 0.25) is 0 Å². The molecule has 3 N–H and O–H groups in total. The number of rotatable bonds is 7. The Balaban J connectivity index is 1.90. The lowest BCUT2D eigenvalue weighted by atomic mass is 10.2. The van der Waals surface area contributed by atoms with Crippen LogP contribution >= 0.6 is 11.3 Å². The van der Waals surface area contributed by atoms with Gasteiger partial charge in [0, 0.05) is 11.9 Å². The van der Waals surface area contributed by atoms with E-state index in [4.69, 9.17) is 10.5 Å². The largest absolute Gasteiger partial charge is 0.488 e. The molecule has 6 heteroatoms. The lowest BCUT2D eigenvalue weighted by molar-refractivity contribution is 0.0921. The van der Waals surface area contributed by atoms with E-state index in [0.29, 0.717) is 18.8 Å². The van der Waals surface area contributed by atoms with Gasteiger partial charge in [0.1, 0.15) is 22.6 Å². The molecular formula is C16H21N3O2S. The van der Waals surface area contributed by atoms with Gasteiger partial charge in [-0.05, 0) is 25.0 Å². The van der Waals surface area contributed by atoms with Crippen molar-refractivity contribution in [3.05, 3.63) is 45.9 Å². The maximum Gasteiger partial charge on any atom is 0.270 e. The number of carbonyl (C=O) groups excluding carboxylic acids is 1. The van der Waals surface area contributed by atoms with Crippen molar-refractivity contribution in [1.82, 2.24) is 10.3 Å². The molecular weight excluding hydrogens is 298 g/mol. The number of ether oxygens (including phenoxy) is 1. The van der Waals surface area contributed by atoms with E-state index in [9.17, 15) is 4.79 Å². The van der Waals surface area contributed by atoms with Crippen LogP contribution in [0.3, 0.4) is 0 Å². The maximum atomic E-state index is 12.1. The monoisotopic (exact) mass is 319 g/mol. The van der Waals surface area contributed by atoms with Crippen LogP contribution in [0.4, 0.5) is 0 Å². The van der Waals surface area contributed by atoms with Crippen molar-refractivity contribution >= 4 is 17.2 Å². The van der Waals surface area contributed by atoms with Gasteiger partial charge in [0.15, 0.2) is 0 Å². The third-order valence-electron chi connectivity index (χ3n) is 3.29. The maximum absolute atomic E-state index is 12.1. The molecule has 0 bridgehead atoms. The van der Waals surface area contributed by atoms with Crippen molar-refractivity contribution in [2.24, 2.45) is 5.73 Å². The van der Waals surface area contributed by atoms with Gasteiger partial charge in [0.25, 0.3) is 5.91 Å². The summed E-state index contributed by atoms with van der Waals surface area (Å²) in [5, 5.41) is 5.35. The Labute approximate surface area is 134 Å². The molecule has 2 rings (SSSR count). The fourth-order valence-corrected chi connectivity index (χ4v) is 2.60. The Hall–Kier alpha value is -1.92. The standard InChI is InChI=1S/C16H21N3O2S/c1-3-12(21-14-7-5-4-6-11(14)2)9-18-16(20)13-10-22-15(8-17)19-13/h4-7,10,12H,3,8-9,17H2,1-2H3,(H,18,20). The molecule has 0 fully saturated rings. The number of hydrogen-bond acceptors (Lipinski definition) is 5. The summed E-state index contributed by atoms with van der Waals surface area (Å²) in [6.07, 6.45) is 0.734. The molecule has 0 aliphatic rings. The number of carbonyl (C=O) groups is 1. The summed E-state index contributed by atoms with van der Waals surface area (Å²) >= 11 is 1.39. The SMILES string of the molecule is CCC(CNC(=O)c1csc(CN)n1)Oc1ccccc1C. The first-order valence-electron chi connectivity index (χ1n) is 7.29. The quantitative estimate of drug-likeness (QED) is 0.822. The predicted octanol–water partition coefficient (Wildman–Crippen LogP) is 2.50. The molecule has 1 atom stereocenters. The first-order chi connectivity index (χ1) is 10.6. The average molecular weight is 319 g/mol. The van der Waals surface area contributed by atoms with E-state index in [1.54, 1.807) is 5.38 Å². The molecule has 1 amide bonds. The van der Waals surface area contributed by atoms with Crippen molar-refractivity contribution in [3.8, 4) is 5.75 Å². The molecule has 0 saturated carbocycles. The topological polar surface area (TPSA) is 77.2 Å². The summed E-state index contributed by atoms with van der Waals surface area (Å²) < 4.78 is 5.95. The fourth-order valence-electron chi connectivity index (χ4n) is 1.94. The number of aryl methyl sites for hydroxylation is 1. The van der Waals surface area contributed by atoms with Crippen LogP contribution in [-0.2, 0) is 6.54 Å². The predicted molar refractivity (Wildman–Crippen MR) is 88.2 cm³/mol. The molecule has 1 aromatic heterocycles. The molecule has 1 unspecified atom stereocenters. The van der Waals surface area contributed by atoms with E-state index < -0.39 is 0 Å². The second-order valence-electron chi connectivity index (χ2n) is 4.95. The molecule has 0 aliphatic carbocycles. The highest BCUT2D eigenvalue weighted by Gasteiger charge is 2.14. The molecule has 0 saturated heterocycles. The number of nitrogens with zero attached hydrogens (tertiary/aromatic N) is 1. The van der Waals surface area contributed by atoms with Crippen LogP contribution < -0.4 is 15.8 Å². The Kier molecular flexibility index (Phi) is 5.91. The number of amides is 1. The zero-order valence-electron chi connectivity index (χ0n) is 12.8. The Morgan fingerprint density at radius 2 is 2.23 bits per heavy atom. The summed E-state index contributed by atoms with van der Waals surface area (Å²) in [5.74, 6) is 0.658. The highest BCUT2D eigenvalue weighted by Crippen LogP contribution is 2.18. The van der Waals surface area contributed by atoms with E-state index in [1.807, 2.05) is 38.1 Å². The summed E-state index contributed by atoms with van der Waals surface area (Å²) in [7, 11) is 0. The molecule has 118 valence electrons. The van der Waals surface area contributed by atoms with Gasteiger partial charge in [-0.3, -0.25) is 4.79 Å². The third-order valence-corrected chi connectivity index (χ3v) is 4.16. The van der Waals surface area contributed by atoms with E-state index in [2.05, 4.69) is 10.3 Å². The van der Waals surface area contributed by atoms with E-state index in [-0.39, 0.29) is 12.0 Å². The van der Waals surface area contributed by atoms with Crippen molar-refractivity contribution in [2.45, 2.75) is 32.9 Å². The number of para-hydroxylation sites is 1. The Morgan fingerprint density at radius 1 is 1.45 bits per heavy atom. The first-order valence-corrected chi connectivity index (χ1v) is 8.17. The molecule has 22 heavy (non-hydrogen) atoms. The van der Waals surface area contributed by atoms with Crippen LogP contribution in [0.2, 0.25) is 0 Å². The summed E-state index contributed by atoms with van der Waals surface area (Å²) in [6, 6.07) is 7.86. The number of nitrogens with two attached hydrogens (primary N) is 1. The number of hydrogen-bond donors (Lipinski definition) is 2. The molecule has 5 nitrogen and oxygen atoms in total. The van der Waals surface area contributed by atoms with Crippen LogP contribution in [0, 0.1) is 6.92 Å². The minimum Gasteiger partial charge on any atom is -0.488 e. The summed E-state index contributed by atoms with van der Waals surface area (Å²) in [6.45, 7) is 4.83. The van der Waals surface area contributed by atoms with Crippen LogP contribution in [0.5, 0.6) is 5.75 Å². The second kappa shape index (κ2) is 7.91. The van der Waals surface area contributed by atoms with Crippen molar-refractivity contribution in [2.75, 3.05) is 6.54 Å².